The summed E-state index contributed by atoms with van der Waals surface area (Å²) < 4.78 is 0. The molecule has 0 radical (unpaired) electrons. The summed E-state index contributed by atoms with van der Waals surface area (Å²) >= 11 is 0. The fourth-order valence-corrected chi connectivity index (χ4v) is 6.46. The molecule has 0 heterocycles. The molecular weight excluding hydrogens is 372 g/mol. The van der Waals surface area contributed by atoms with Crippen LogP contribution in [0.15, 0.2) is 35.5 Å². The van der Waals surface area contributed by atoms with Crippen molar-refractivity contribution in [3.05, 3.63) is 35.5 Å². The Morgan fingerprint density at radius 2 is 1.97 bits per heavy atom. The van der Waals surface area contributed by atoms with Crippen molar-refractivity contribution in [1.82, 2.24) is 0 Å². The van der Waals surface area contributed by atoms with Crippen LogP contribution in [0.1, 0.15) is 86.0 Å². The van der Waals surface area contributed by atoms with Gasteiger partial charge in [-0.25, -0.2) is 0 Å². The van der Waals surface area contributed by atoms with Gasteiger partial charge in [0.2, 0.25) is 0 Å². The van der Waals surface area contributed by atoms with Gasteiger partial charge in [0.1, 0.15) is 0 Å². The number of rotatable bonds is 7. The summed E-state index contributed by atoms with van der Waals surface area (Å²) in [6, 6.07) is 0. The predicted octanol–water partition coefficient (Wildman–Crippen LogP) is 5.56. The van der Waals surface area contributed by atoms with Crippen LogP contribution in [0.3, 0.4) is 0 Å². The molecule has 0 aromatic heterocycles. The van der Waals surface area contributed by atoms with Gasteiger partial charge in [-0.2, -0.15) is 0 Å². The Balaban J connectivity index is 1.65. The van der Waals surface area contributed by atoms with Crippen LogP contribution >= 0.6 is 0 Å². The number of aliphatic hydroxyl groups excluding tert-OH is 2. The third-order valence-corrected chi connectivity index (χ3v) is 8.47. The number of allylic oxidation sites excluding steroid dienone is 4. The van der Waals surface area contributed by atoms with Crippen molar-refractivity contribution in [2.75, 3.05) is 0 Å². The molecule has 1 unspecified atom stereocenters. The SMILES string of the molecule is CC1[C@H](O)C=C(/C=C\C2=CCC[C@@]3(C)[C@@H]2CC[C@@H]3[C@H](C)CCCC(C)(C)O)C[C@H]1O. The lowest BCUT2D eigenvalue weighted by Gasteiger charge is -2.43. The summed E-state index contributed by atoms with van der Waals surface area (Å²) in [4.78, 5) is 0. The van der Waals surface area contributed by atoms with Crippen LogP contribution in [-0.2, 0) is 0 Å². The van der Waals surface area contributed by atoms with Crippen LogP contribution in [0.4, 0.5) is 0 Å². The van der Waals surface area contributed by atoms with Crippen molar-refractivity contribution in [2.24, 2.45) is 29.1 Å². The Bertz CT molecular complexity index is 683. The number of hydrogen-bond acceptors (Lipinski definition) is 3. The van der Waals surface area contributed by atoms with Crippen LogP contribution in [0.5, 0.6) is 0 Å². The summed E-state index contributed by atoms with van der Waals surface area (Å²) in [5, 5.41) is 30.4. The molecule has 1 saturated carbocycles. The normalized spacial score (nSPS) is 38.3. The second-order valence-electron chi connectivity index (χ2n) is 11.4. The van der Waals surface area contributed by atoms with Crippen LogP contribution in [-0.4, -0.2) is 33.1 Å². The predicted molar refractivity (Wildman–Crippen MR) is 124 cm³/mol. The lowest BCUT2D eigenvalue weighted by molar-refractivity contribution is 0.0367. The Kier molecular flexibility index (Phi) is 7.37. The summed E-state index contributed by atoms with van der Waals surface area (Å²) in [7, 11) is 0. The molecule has 0 amide bonds. The minimum absolute atomic E-state index is 0.0900. The number of hydrogen-bond donors (Lipinski definition) is 3. The molecule has 7 atom stereocenters. The van der Waals surface area contributed by atoms with Gasteiger partial charge < -0.3 is 15.3 Å². The minimum atomic E-state index is -0.556. The lowest BCUT2D eigenvalue weighted by atomic mass is 9.62. The molecule has 30 heavy (non-hydrogen) atoms. The first kappa shape index (κ1) is 23.8. The van der Waals surface area contributed by atoms with E-state index in [9.17, 15) is 15.3 Å². The van der Waals surface area contributed by atoms with Gasteiger partial charge in [-0.15, -0.1) is 0 Å². The van der Waals surface area contributed by atoms with Gasteiger partial charge in [-0.3, -0.25) is 0 Å². The van der Waals surface area contributed by atoms with Crippen LogP contribution in [0.25, 0.3) is 0 Å². The molecule has 3 aliphatic carbocycles. The molecule has 3 rings (SSSR count). The molecule has 3 heteroatoms. The zero-order chi connectivity index (χ0) is 22.1. The maximum atomic E-state index is 10.2. The summed E-state index contributed by atoms with van der Waals surface area (Å²) in [6.07, 6.45) is 16.5. The van der Waals surface area contributed by atoms with Crippen LogP contribution in [0, 0.1) is 29.1 Å². The first-order valence-electron chi connectivity index (χ1n) is 12.2. The van der Waals surface area contributed by atoms with E-state index in [1.54, 1.807) is 0 Å². The van der Waals surface area contributed by atoms with Gasteiger partial charge in [-0.1, -0.05) is 57.9 Å². The highest BCUT2D eigenvalue weighted by Gasteiger charge is 2.49. The van der Waals surface area contributed by atoms with Crippen molar-refractivity contribution in [2.45, 2.75) is 104 Å². The topological polar surface area (TPSA) is 60.7 Å². The van der Waals surface area contributed by atoms with Gasteiger partial charge in [0.25, 0.3) is 0 Å². The molecule has 1 fully saturated rings. The number of aliphatic hydroxyl groups is 3. The van der Waals surface area contributed by atoms with Crippen molar-refractivity contribution in [3.8, 4) is 0 Å². The van der Waals surface area contributed by atoms with Crippen molar-refractivity contribution < 1.29 is 15.3 Å². The first-order valence-corrected chi connectivity index (χ1v) is 12.2. The Labute approximate surface area is 184 Å². The van der Waals surface area contributed by atoms with Crippen molar-refractivity contribution in [1.29, 1.82) is 0 Å². The monoisotopic (exact) mass is 416 g/mol. The minimum Gasteiger partial charge on any atom is -0.392 e. The van der Waals surface area contributed by atoms with E-state index in [4.69, 9.17) is 0 Å². The summed E-state index contributed by atoms with van der Waals surface area (Å²) in [5.74, 6) is 1.97. The standard InChI is InChI=1S/C27H44O3/c1-18(8-6-14-26(3,4)30)22-12-13-23-21(9-7-15-27(22,23)5)11-10-20-16-24(28)19(2)25(29)17-20/h9-11,16,18-19,22-25,28-30H,6-8,12-15,17H2,1-5H3/b11-10-/t18-,19?,22-,23-,24-,25-,27-/m1/s1. The quantitative estimate of drug-likeness (QED) is 0.509. The first-order chi connectivity index (χ1) is 14.0. The van der Waals surface area contributed by atoms with E-state index in [0.717, 1.165) is 30.8 Å². The molecule has 0 saturated heterocycles. The largest absolute Gasteiger partial charge is 0.392 e. The zero-order valence-corrected chi connectivity index (χ0v) is 19.8. The van der Waals surface area contributed by atoms with Gasteiger partial charge in [-0.05, 0) is 86.7 Å². The molecule has 170 valence electrons. The van der Waals surface area contributed by atoms with Gasteiger partial charge in [0, 0.05) is 5.92 Å². The highest BCUT2D eigenvalue weighted by molar-refractivity contribution is 5.35. The van der Waals surface area contributed by atoms with Crippen LogP contribution in [0.2, 0.25) is 0 Å². The summed E-state index contributed by atoms with van der Waals surface area (Å²) in [6.45, 7) is 10.7. The average Bonchev–Trinajstić information content (AvgIpc) is 3.00. The fraction of sp³-hybridized carbons (Fsp3) is 0.778. The maximum Gasteiger partial charge on any atom is 0.0776 e. The Hall–Kier alpha value is -0.900. The molecule has 0 spiro atoms. The van der Waals surface area contributed by atoms with E-state index in [0.29, 0.717) is 23.7 Å². The van der Waals surface area contributed by atoms with Crippen LogP contribution < -0.4 is 0 Å². The Morgan fingerprint density at radius 1 is 1.23 bits per heavy atom. The van der Waals surface area contributed by atoms with E-state index >= 15 is 0 Å². The van der Waals surface area contributed by atoms with Gasteiger partial charge in [0.05, 0.1) is 17.8 Å². The second kappa shape index (κ2) is 9.30. The second-order valence-corrected chi connectivity index (χ2v) is 11.4. The van der Waals surface area contributed by atoms with E-state index in [2.05, 4.69) is 32.1 Å². The Morgan fingerprint density at radius 3 is 2.63 bits per heavy atom. The van der Waals surface area contributed by atoms with E-state index in [-0.39, 0.29) is 5.92 Å². The average molecular weight is 417 g/mol. The highest BCUT2D eigenvalue weighted by atomic mass is 16.3. The third kappa shape index (κ3) is 5.29. The van der Waals surface area contributed by atoms with Crippen molar-refractivity contribution in [3.63, 3.8) is 0 Å². The molecule has 3 aliphatic rings. The highest BCUT2D eigenvalue weighted by Crippen LogP contribution is 2.58. The van der Waals surface area contributed by atoms with Crippen molar-refractivity contribution >= 4 is 0 Å². The fourth-order valence-electron chi connectivity index (χ4n) is 6.46. The smallest absolute Gasteiger partial charge is 0.0776 e. The molecule has 0 aromatic carbocycles. The van der Waals surface area contributed by atoms with Gasteiger partial charge in [0.15, 0.2) is 0 Å². The molecular formula is C27H44O3. The molecule has 3 N–H and O–H groups in total. The molecule has 3 nitrogen and oxygen atoms in total. The molecule has 0 aromatic rings. The summed E-state index contributed by atoms with van der Waals surface area (Å²) in [5.41, 5.74) is 2.31. The third-order valence-electron chi connectivity index (χ3n) is 8.47. The number of fused-ring (bicyclic) bond motifs is 1. The molecule has 0 bridgehead atoms. The molecule has 0 aliphatic heterocycles. The van der Waals surface area contributed by atoms with E-state index in [1.165, 1.54) is 31.3 Å². The van der Waals surface area contributed by atoms with Gasteiger partial charge >= 0.3 is 0 Å². The van der Waals surface area contributed by atoms with E-state index in [1.807, 2.05) is 26.8 Å². The maximum absolute atomic E-state index is 10.2. The van der Waals surface area contributed by atoms with E-state index < -0.39 is 17.8 Å². The lowest BCUT2D eigenvalue weighted by Crippen LogP contribution is -2.35. The zero-order valence-electron chi connectivity index (χ0n) is 19.8.